The summed E-state index contributed by atoms with van der Waals surface area (Å²) in [6, 6.07) is 4.02. The number of aromatic nitrogens is 2. The number of piperidine rings is 1. The molecule has 2 N–H and O–H groups in total. The number of rotatable bonds is 6. The second-order valence-electron chi connectivity index (χ2n) is 10.2. The van der Waals surface area contributed by atoms with Gasteiger partial charge in [0.1, 0.15) is 5.60 Å². The fourth-order valence-electron chi connectivity index (χ4n) is 4.64. The van der Waals surface area contributed by atoms with Gasteiger partial charge in [-0.05, 0) is 62.6 Å². The molecule has 1 saturated carbocycles. The molecule has 2 fully saturated rings. The van der Waals surface area contributed by atoms with E-state index in [2.05, 4.69) is 9.97 Å². The number of ether oxygens (including phenoxy) is 1. The van der Waals surface area contributed by atoms with Gasteiger partial charge < -0.3 is 10.5 Å². The first-order valence-electron chi connectivity index (χ1n) is 11.6. The first-order valence-corrected chi connectivity index (χ1v) is 11.6. The minimum absolute atomic E-state index is 0.0560. The van der Waals surface area contributed by atoms with Gasteiger partial charge in [-0.2, -0.15) is 13.2 Å². The lowest BCUT2D eigenvalue weighted by atomic mass is 9.94. The van der Waals surface area contributed by atoms with Crippen molar-refractivity contribution in [2.24, 2.45) is 17.6 Å². The van der Waals surface area contributed by atoms with E-state index in [1.54, 1.807) is 26.8 Å². The number of benzene rings is 1. The number of likely N-dealkylation sites (tertiary alicyclic amines) is 1. The molecule has 2 aliphatic rings. The van der Waals surface area contributed by atoms with Gasteiger partial charge in [0.25, 0.3) is 0 Å². The third-order valence-corrected chi connectivity index (χ3v) is 6.36. The fraction of sp³-hybridized carbons (Fsp3) is 0.480. The smallest absolute Gasteiger partial charge is 0.444 e. The van der Waals surface area contributed by atoms with Crippen LogP contribution in [0.4, 0.5) is 18.0 Å². The molecule has 0 spiro atoms. The average molecular weight is 505 g/mol. The molecule has 11 heteroatoms. The molecule has 3 atom stereocenters. The second-order valence-corrected chi connectivity index (χ2v) is 10.2. The molecular weight excluding hydrogens is 477 g/mol. The van der Waals surface area contributed by atoms with Gasteiger partial charge in [0.15, 0.2) is 5.78 Å². The van der Waals surface area contributed by atoms with Gasteiger partial charge in [-0.25, -0.2) is 14.8 Å². The lowest BCUT2D eigenvalue weighted by Crippen LogP contribution is -2.45. The number of Topliss-reactive ketones (excluding diaryl/α,β-unsaturated/α-hetero) is 1. The van der Waals surface area contributed by atoms with Gasteiger partial charge in [0, 0.05) is 36.5 Å². The zero-order chi connectivity index (χ0) is 26.4. The molecule has 1 aliphatic carbocycles. The standard InChI is InChI=1S/C25H27F3N4O4/c1-24(2,3)36-23(35)32-12-15-9-18(15)20(32)19(33)7-5-14-8-13(4-6-17(14)21(29)34)16-10-30-22(31-11-16)25(26,27)28/h4,6,8,10-11,15,18,20H,5,7,9,12H2,1-3H3,(H2,29,34)/t15-,18-,20-/m0/s1. The topological polar surface area (TPSA) is 115 Å². The predicted molar refractivity (Wildman–Crippen MR) is 123 cm³/mol. The Morgan fingerprint density at radius 3 is 2.36 bits per heavy atom. The Hall–Kier alpha value is -3.50. The van der Waals surface area contributed by atoms with E-state index >= 15 is 0 Å². The van der Waals surface area contributed by atoms with Gasteiger partial charge in [0.05, 0.1) is 6.04 Å². The van der Waals surface area contributed by atoms with Crippen LogP contribution in [0.2, 0.25) is 0 Å². The Kier molecular flexibility index (Phi) is 6.52. The highest BCUT2D eigenvalue weighted by atomic mass is 19.4. The summed E-state index contributed by atoms with van der Waals surface area (Å²) in [5.41, 5.74) is 6.30. The monoisotopic (exact) mass is 504 g/mol. The van der Waals surface area contributed by atoms with Crippen LogP contribution in [0.25, 0.3) is 11.1 Å². The number of nitrogens with two attached hydrogens (primary N) is 1. The van der Waals surface area contributed by atoms with Crippen LogP contribution in [-0.2, 0) is 22.1 Å². The summed E-state index contributed by atoms with van der Waals surface area (Å²) in [6.45, 7) is 5.77. The molecule has 1 aromatic heterocycles. The van der Waals surface area contributed by atoms with E-state index in [1.807, 2.05) is 0 Å². The number of halogens is 3. The van der Waals surface area contributed by atoms with E-state index in [4.69, 9.17) is 10.5 Å². The number of primary amides is 1. The van der Waals surface area contributed by atoms with Crippen molar-refractivity contribution in [3.63, 3.8) is 0 Å². The second kappa shape index (κ2) is 9.18. The molecule has 2 aromatic rings. The largest absolute Gasteiger partial charge is 0.451 e. The van der Waals surface area contributed by atoms with E-state index in [-0.39, 0.29) is 36.0 Å². The Bertz CT molecular complexity index is 1190. The molecule has 1 aliphatic heterocycles. The van der Waals surface area contributed by atoms with Gasteiger partial charge in [-0.15, -0.1) is 0 Å². The molecule has 1 aromatic carbocycles. The summed E-state index contributed by atoms with van der Waals surface area (Å²) < 4.78 is 43.8. The van der Waals surface area contributed by atoms with Crippen molar-refractivity contribution < 1.29 is 32.3 Å². The van der Waals surface area contributed by atoms with E-state index in [1.165, 1.54) is 17.0 Å². The number of hydrogen-bond acceptors (Lipinski definition) is 6. The lowest BCUT2D eigenvalue weighted by molar-refractivity contribution is -0.145. The third kappa shape index (κ3) is 5.50. The number of alkyl halides is 3. The van der Waals surface area contributed by atoms with Crippen molar-refractivity contribution in [3.05, 3.63) is 47.5 Å². The predicted octanol–water partition coefficient (Wildman–Crippen LogP) is 4.02. The van der Waals surface area contributed by atoms with Crippen molar-refractivity contribution in [2.45, 2.75) is 57.9 Å². The van der Waals surface area contributed by atoms with Crippen LogP contribution in [0.15, 0.2) is 30.6 Å². The quantitative estimate of drug-likeness (QED) is 0.636. The van der Waals surface area contributed by atoms with Crippen LogP contribution in [0.5, 0.6) is 0 Å². The van der Waals surface area contributed by atoms with Crippen LogP contribution >= 0.6 is 0 Å². The van der Waals surface area contributed by atoms with E-state index in [0.29, 0.717) is 23.2 Å². The van der Waals surface area contributed by atoms with E-state index in [9.17, 15) is 27.6 Å². The zero-order valence-corrected chi connectivity index (χ0v) is 20.1. The minimum atomic E-state index is -4.66. The number of carbonyl (C=O) groups excluding carboxylic acids is 3. The van der Waals surface area contributed by atoms with Crippen molar-refractivity contribution >= 4 is 17.8 Å². The van der Waals surface area contributed by atoms with Gasteiger partial charge >= 0.3 is 12.3 Å². The van der Waals surface area contributed by atoms with Crippen molar-refractivity contribution in [3.8, 4) is 11.1 Å². The Morgan fingerprint density at radius 1 is 1.11 bits per heavy atom. The molecule has 0 bridgehead atoms. The van der Waals surface area contributed by atoms with E-state index in [0.717, 1.165) is 18.8 Å². The molecule has 0 radical (unpaired) electrons. The number of nitrogens with zero attached hydrogens (tertiary/aromatic N) is 3. The highest BCUT2D eigenvalue weighted by molar-refractivity contribution is 5.95. The SMILES string of the molecule is CC(C)(C)OC(=O)N1C[C@@H]2C[C@@H]2[C@H]1C(=O)CCc1cc(-c2cnc(C(F)(F)F)nc2)ccc1C(N)=O. The molecule has 2 amide bonds. The highest BCUT2D eigenvalue weighted by Crippen LogP contribution is 2.50. The van der Waals surface area contributed by atoms with Gasteiger partial charge in [-0.1, -0.05) is 12.1 Å². The van der Waals surface area contributed by atoms with Crippen LogP contribution in [-0.4, -0.2) is 50.8 Å². The molecule has 2 heterocycles. The molecule has 8 nitrogen and oxygen atoms in total. The Morgan fingerprint density at radius 2 is 1.78 bits per heavy atom. The average Bonchev–Trinajstić information content (AvgIpc) is 3.44. The molecule has 4 rings (SSSR count). The number of ketones is 1. The fourth-order valence-corrected chi connectivity index (χ4v) is 4.64. The maximum absolute atomic E-state index is 13.2. The summed E-state index contributed by atoms with van der Waals surface area (Å²) >= 11 is 0. The maximum Gasteiger partial charge on any atom is 0.451 e. The van der Waals surface area contributed by atoms with Crippen LogP contribution in [0.1, 0.15) is 55.4 Å². The van der Waals surface area contributed by atoms with Crippen molar-refractivity contribution in [1.29, 1.82) is 0 Å². The van der Waals surface area contributed by atoms with Crippen LogP contribution in [0.3, 0.4) is 0 Å². The van der Waals surface area contributed by atoms with E-state index < -0.39 is 35.6 Å². The van der Waals surface area contributed by atoms with Crippen LogP contribution in [0, 0.1) is 11.8 Å². The normalized spacial score (nSPS) is 21.2. The molecule has 192 valence electrons. The molecule has 0 unspecified atom stereocenters. The Labute approximate surface area is 206 Å². The Balaban J connectivity index is 1.51. The summed E-state index contributed by atoms with van der Waals surface area (Å²) in [6.07, 6.45) is -1.97. The first-order chi connectivity index (χ1) is 16.7. The number of carbonyl (C=O) groups is 3. The highest BCUT2D eigenvalue weighted by Gasteiger charge is 2.57. The number of aryl methyl sites for hydroxylation is 1. The molecular formula is C25H27F3N4O4. The zero-order valence-electron chi connectivity index (χ0n) is 20.1. The van der Waals surface area contributed by atoms with Crippen molar-refractivity contribution in [2.75, 3.05) is 6.54 Å². The molecule has 36 heavy (non-hydrogen) atoms. The summed E-state index contributed by atoms with van der Waals surface area (Å²) in [7, 11) is 0. The summed E-state index contributed by atoms with van der Waals surface area (Å²) in [5, 5.41) is 0. The first kappa shape index (κ1) is 25.6. The third-order valence-electron chi connectivity index (χ3n) is 6.36. The van der Waals surface area contributed by atoms with Gasteiger partial charge in [0.2, 0.25) is 11.7 Å². The van der Waals surface area contributed by atoms with Gasteiger partial charge in [-0.3, -0.25) is 14.5 Å². The van der Waals surface area contributed by atoms with Crippen LogP contribution < -0.4 is 5.73 Å². The number of amides is 2. The summed E-state index contributed by atoms with van der Waals surface area (Å²) in [5.74, 6) is -1.68. The minimum Gasteiger partial charge on any atom is -0.444 e. The summed E-state index contributed by atoms with van der Waals surface area (Å²) in [4.78, 5) is 46.1. The molecule has 1 saturated heterocycles. The maximum atomic E-state index is 13.2. The lowest BCUT2D eigenvalue weighted by Gasteiger charge is -2.29. The number of hydrogen-bond donors (Lipinski definition) is 1. The van der Waals surface area contributed by atoms with Crippen molar-refractivity contribution in [1.82, 2.24) is 14.9 Å². The number of fused-ring (bicyclic) bond motifs is 1.